The van der Waals surface area contributed by atoms with Gasteiger partial charge in [0.15, 0.2) is 0 Å². The molecule has 0 atom stereocenters. The van der Waals surface area contributed by atoms with E-state index in [0.29, 0.717) is 24.8 Å². The summed E-state index contributed by atoms with van der Waals surface area (Å²) in [5.41, 5.74) is 1.66. The molecular weight excluding hydrogens is 267 g/mol. The van der Waals surface area contributed by atoms with Crippen LogP contribution in [0.3, 0.4) is 0 Å². The first kappa shape index (κ1) is 14.1. The van der Waals surface area contributed by atoms with Crippen LogP contribution in [0, 0.1) is 5.82 Å². The molecule has 1 aromatic carbocycles. The van der Waals surface area contributed by atoms with E-state index in [-0.39, 0.29) is 5.82 Å². The van der Waals surface area contributed by atoms with Crippen LogP contribution >= 0.6 is 0 Å². The molecule has 21 heavy (non-hydrogen) atoms. The second-order valence-electron chi connectivity index (χ2n) is 5.71. The summed E-state index contributed by atoms with van der Waals surface area (Å²) in [6.45, 7) is 1.30. The summed E-state index contributed by atoms with van der Waals surface area (Å²) in [5, 5.41) is 3.45. The second kappa shape index (κ2) is 5.85. The second-order valence-corrected chi connectivity index (χ2v) is 5.71. The van der Waals surface area contributed by atoms with Crippen molar-refractivity contribution in [1.82, 2.24) is 14.9 Å². The molecule has 1 aliphatic carbocycles. The Morgan fingerprint density at radius 2 is 2.24 bits per heavy atom. The van der Waals surface area contributed by atoms with E-state index in [9.17, 15) is 4.39 Å². The van der Waals surface area contributed by atoms with Gasteiger partial charge >= 0.3 is 0 Å². The van der Waals surface area contributed by atoms with E-state index in [0.717, 1.165) is 11.4 Å². The van der Waals surface area contributed by atoms with E-state index >= 15 is 0 Å². The van der Waals surface area contributed by atoms with Gasteiger partial charge in [-0.1, -0.05) is 12.1 Å². The van der Waals surface area contributed by atoms with Gasteiger partial charge < -0.3 is 14.8 Å². The van der Waals surface area contributed by atoms with Gasteiger partial charge in [-0.15, -0.1) is 0 Å². The highest BCUT2D eigenvalue weighted by Gasteiger charge is 2.21. The standard InChI is InChI=1S/C16H21FN4/c1-20-9-8-18-15(20)11-21(2)16-12(4-3-5-14(16)17)10-19-13-6-7-13/h3-5,8-9,13,19H,6-7,10-11H2,1-2H3. The van der Waals surface area contributed by atoms with Crippen LogP contribution in [0.4, 0.5) is 10.1 Å². The van der Waals surface area contributed by atoms with Crippen LogP contribution < -0.4 is 10.2 Å². The molecule has 0 spiro atoms. The van der Waals surface area contributed by atoms with Crippen molar-refractivity contribution >= 4 is 5.69 Å². The third-order valence-electron chi connectivity index (χ3n) is 3.91. The van der Waals surface area contributed by atoms with Crippen molar-refractivity contribution in [3.05, 3.63) is 47.8 Å². The van der Waals surface area contributed by atoms with Crippen molar-refractivity contribution in [3.8, 4) is 0 Å². The third kappa shape index (κ3) is 3.24. The summed E-state index contributed by atoms with van der Waals surface area (Å²) in [6.07, 6.45) is 6.13. The molecule has 0 radical (unpaired) electrons. The Hall–Kier alpha value is -1.88. The topological polar surface area (TPSA) is 33.1 Å². The highest BCUT2D eigenvalue weighted by Crippen LogP contribution is 2.26. The maximum atomic E-state index is 14.3. The molecule has 5 heteroatoms. The number of benzene rings is 1. The molecule has 0 bridgehead atoms. The quantitative estimate of drug-likeness (QED) is 0.886. The number of aromatic nitrogens is 2. The number of nitrogens with zero attached hydrogens (tertiary/aromatic N) is 3. The van der Waals surface area contributed by atoms with Crippen LogP contribution in [0.25, 0.3) is 0 Å². The number of hydrogen-bond acceptors (Lipinski definition) is 3. The number of anilines is 1. The van der Waals surface area contributed by atoms with Gasteiger partial charge in [-0.05, 0) is 24.5 Å². The summed E-state index contributed by atoms with van der Waals surface area (Å²) in [5.74, 6) is 0.740. The Morgan fingerprint density at radius 1 is 1.43 bits per heavy atom. The first-order valence-electron chi connectivity index (χ1n) is 7.33. The average Bonchev–Trinajstić information content (AvgIpc) is 3.20. The van der Waals surface area contributed by atoms with Crippen LogP contribution in [-0.4, -0.2) is 22.6 Å². The minimum atomic E-state index is -0.179. The summed E-state index contributed by atoms with van der Waals surface area (Å²) in [7, 11) is 3.86. The molecule has 4 nitrogen and oxygen atoms in total. The van der Waals surface area contributed by atoms with Crippen LogP contribution in [0.1, 0.15) is 24.2 Å². The number of rotatable bonds is 6. The van der Waals surface area contributed by atoms with Crippen molar-refractivity contribution in [2.45, 2.75) is 32.0 Å². The average molecular weight is 288 g/mol. The predicted octanol–water partition coefficient (Wildman–Crippen LogP) is 2.45. The van der Waals surface area contributed by atoms with Gasteiger partial charge in [-0.25, -0.2) is 9.37 Å². The Morgan fingerprint density at radius 3 is 2.90 bits per heavy atom. The van der Waals surface area contributed by atoms with Crippen molar-refractivity contribution in [2.75, 3.05) is 11.9 Å². The van der Waals surface area contributed by atoms with E-state index in [4.69, 9.17) is 0 Å². The number of nitrogens with one attached hydrogen (secondary N) is 1. The first-order chi connectivity index (χ1) is 10.1. The van der Waals surface area contributed by atoms with Crippen LogP contribution in [0.5, 0.6) is 0 Å². The molecule has 112 valence electrons. The maximum Gasteiger partial charge on any atom is 0.146 e. The summed E-state index contributed by atoms with van der Waals surface area (Å²) >= 11 is 0. The lowest BCUT2D eigenvalue weighted by Gasteiger charge is -2.23. The van der Waals surface area contributed by atoms with Gasteiger partial charge in [0.25, 0.3) is 0 Å². The fourth-order valence-electron chi connectivity index (χ4n) is 2.51. The molecule has 2 aromatic rings. The van der Waals surface area contributed by atoms with Crippen molar-refractivity contribution in [3.63, 3.8) is 0 Å². The molecular formula is C16H21FN4. The fraction of sp³-hybridized carbons (Fsp3) is 0.438. The zero-order chi connectivity index (χ0) is 14.8. The minimum absolute atomic E-state index is 0.179. The van der Waals surface area contributed by atoms with E-state index in [1.165, 1.54) is 18.9 Å². The maximum absolute atomic E-state index is 14.3. The van der Waals surface area contributed by atoms with Gasteiger partial charge in [-0.3, -0.25) is 0 Å². The Balaban J connectivity index is 1.79. The van der Waals surface area contributed by atoms with E-state index < -0.39 is 0 Å². The number of hydrogen-bond donors (Lipinski definition) is 1. The molecule has 0 amide bonds. The van der Waals surface area contributed by atoms with E-state index in [2.05, 4.69) is 10.3 Å². The van der Waals surface area contributed by atoms with E-state index in [1.54, 1.807) is 12.3 Å². The smallest absolute Gasteiger partial charge is 0.146 e. The highest BCUT2D eigenvalue weighted by atomic mass is 19.1. The zero-order valence-electron chi connectivity index (χ0n) is 12.5. The first-order valence-corrected chi connectivity index (χ1v) is 7.33. The number of halogens is 1. The third-order valence-corrected chi connectivity index (χ3v) is 3.91. The molecule has 3 rings (SSSR count). The monoisotopic (exact) mass is 288 g/mol. The molecule has 0 saturated heterocycles. The lowest BCUT2D eigenvalue weighted by molar-refractivity contribution is 0.610. The Bertz CT molecular complexity index is 618. The number of imidazole rings is 1. The highest BCUT2D eigenvalue weighted by molar-refractivity contribution is 5.54. The van der Waals surface area contributed by atoms with Crippen LogP contribution in [0.2, 0.25) is 0 Å². The molecule has 1 aromatic heterocycles. The molecule has 0 aliphatic heterocycles. The number of para-hydroxylation sites is 1. The predicted molar refractivity (Wildman–Crippen MR) is 81.6 cm³/mol. The van der Waals surface area contributed by atoms with Gasteiger partial charge in [0.2, 0.25) is 0 Å². The Labute approximate surface area is 124 Å². The van der Waals surface area contributed by atoms with Crippen molar-refractivity contribution in [2.24, 2.45) is 7.05 Å². The number of aryl methyl sites for hydroxylation is 1. The molecule has 1 fully saturated rings. The Kier molecular flexibility index (Phi) is 3.92. The summed E-state index contributed by atoms with van der Waals surface area (Å²) in [6, 6.07) is 5.89. The molecule has 1 aliphatic rings. The minimum Gasteiger partial charge on any atom is -0.364 e. The van der Waals surface area contributed by atoms with Gasteiger partial charge in [0, 0.05) is 39.1 Å². The zero-order valence-corrected chi connectivity index (χ0v) is 12.5. The van der Waals surface area contributed by atoms with Crippen LogP contribution in [-0.2, 0) is 20.1 Å². The van der Waals surface area contributed by atoms with Crippen molar-refractivity contribution in [1.29, 1.82) is 0 Å². The van der Waals surface area contributed by atoms with Gasteiger partial charge in [0.1, 0.15) is 11.6 Å². The van der Waals surface area contributed by atoms with E-state index in [1.807, 2.05) is 35.8 Å². The molecule has 1 N–H and O–H groups in total. The SMILES string of the molecule is CN(Cc1nccn1C)c1c(F)cccc1CNC1CC1. The van der Waals surface area contributed by atoms with Crippen molar-refractivity contribution < 1.29 is 4.39 Å². The molecule has 1 saturated carbocycles. The largest absolute Gasteiger partial charge is 0.364 e. The van der Waals surface area contributed by atoms with Gasteiger partial charge in [0.05, 0.1) is 12.2 Å². The van der Waals surface area contributed by atoms with Gasteiger partial charge in [-0.2, -0.15) is 0 Å². The molecule has 1 heterocycles. The summed E-state index contributed by atoms with van der Waals surface area (Å²) < 4.78 is 16.2. The lowest BCUT2D eigenvalue weighted by atomic mass is 10.1. The lowest BCUT2D eigenvalue weighted by Crippen LogP contribution is -2.24. The normalized spacial score (nSPS) is 14.4. The summed E-state index contributed by atoms with van der Waals surface area (Å²) in [4.78, 5) is 6.24. The van der Waals surface area contributed by atoms with Crippen LogP contribution in [0.15, 0.2) is 30.6 Å². The fourth-order valence-corrected chi connectivity index (χ4v) is 2.51. The molecule has 0 unspecified atom stereocenters.